The van der Waals surface area contributed by atoms with E-state index in [1.165, 1.54) is 16.7 Å². The third-order valence-electron chi connectivity index (χ3n) is 6.25. The van der Waals surface area contributed by atoms with Crippen LogP contribution in [0.3, 0.4) is 0 Å². The Morgan fingerprint density at radius 3 is 2.73 bits per heavy atom. The van der Waals surface area contributed by atoms with Crippen molar-refractivity contribution < 1.29 is 13.9 Å². The van der Waals surface area contributed by atoms with Gasteiger partial charge in [-0.25, -0.2) is 19.2 Å². The molecule has 1 atom stereocenters. The smallest absolute Gasteiger partial charge is 0.334 e. The van der Waals surface area contributed by atoms with E-state index in [4.69, 9.17) is 10.5 Å². The number of aromatic nitrogens is 4. The zero-order valence-electron chi connectivity index (χ0n) is 19.8. The number of hydrogen-bond acceptors (Lipinski definition) is 6. The molecule has 2 N–H and O–H groups in total. The maximum atomic E-state index is 13.8. The fourth-order valence-corrected chi connectivity index (χ4v) is 4.84. The molecule has 5 rings (SSSR count). The number of piperidine rings is 1. The molecule has 0 bridgehead atoms. The van der Waals surface area contributed by atoms with Crippen molar-refractivity contribution in [1.29, 1.82) is 0 Å². The molecule has 1 aliphatic rings. The van der Waals surface area contributed by atoms with Gasteiger partial charge < -0.3 is 15.4 Å². The quantitative estimate of drug-likeness (QED) is 0.346. The lowest BCUT2D eigenvalue weighted by atomic mass is 10.1. The number of rotatable bonds is 6. The third kappa shape index (κ3) is 4.99. The Morgan fingerprint density at radius 2 is 2.00 bits per heavy atom. The van der Waals surface area contributed by atoms with Gasteiger partial charge in [-0.1, -0.05) is 0 Å². The Kier molecular flexibility index (Phi) is 7.04. The van der Waals surface area contributed by atoms with Crippen LogP contribution < -0.4 is 16.2 Å². The molecule has 190 valence electrons. The monoisotopic (exact) mass is 566 g/mol. The van der Waals surface area contributed by atoms with Gasteiger partial charge in [0.25, 0.3) is 0 Å². The maximum absolute atomic E-state index is 13.8. The van der Waals surface area contributed by atoms with Gasteiger partial charge in [-0.2, -0.15) is 0 Å². The van der Waals surface area contributed by atoms with Gasteiger partial charge in [0.15, 0.2) is 0 Å². The molecule has 0 spiro atoms. The van der Waals surface area contributed by atoms with Crippen molar-refractivity contribution in [2.45, 2.75) is 18.9 Å². The maximum Gasteiger partial charge on any atom is 0.334 e. The number of nitrogens with two attached hydrogens (primary N) is 1. The van der Waals surface area contributed by atoms with Crippen LogP contribution in [0.1, 0.15) is 18.9 Å². The Morgan fingerprint density at radius 1 is 1.19 bits per heavy atom. The van der Waals surface area contributed by atoms with Crippen molar-refractivity contribution in [3.63, 3.8) is 0 Å². The molecule has 0 aliphatic carbocycles. The molecule has 1 aromatic carbocycles. The van der Waals surface area contributed by atoms with Crippen molar-refractivity contribution >= 4 is 38.7 Å². The van der Waals surface area contributed by atoms with Crippen LogP contribution in [0.15, 0.2) is 76.3 Å². The summed E-state index contributed by atoms with van der Waals surface area (Å²) in [5, 5.41) is 0. The van der Waals surface area contributed by atoms with Gasteiger partial charge in [0, 0.05) is 42.1 Å². The largest absolute Gasteiger partial charge is 0.439 e. The number of nitrogen functional groups attached to an aromatic ring is 1. The third-order valence-corrected chi connectivity index (χ3v) is 6.72. The number of alkyl halides is 1. The molecule has 3 aromatic heterocycles. The Hall–Kier alpha value is -3.99. The summed E-state index contributed by atoms with van der Waals surface area (Å²) in [4.78, 5) is 36.4. The molecule has 4 heterocycles. The predicted molar refractivity (Wildman–Crippen MR) is 142 cm³/mol. The highest BCUT2D eigenvalue weighted by Crippen LogP contribution is 2.29. The molecular formula is C26H24BrFN6O3. The van der Waals surface area contributed by atoms with E-state index in [9.17, 15) is 14.0 Å². The van der Waals surface area contributed by atoms with Crippen LogP contribution in [0.5, 0.6) is 11.6 Å². The van der Waals surface area contributed by atoms with Crippen molar-refractivity contribution in [2.75, 3.05) is 25.5 Å². The fraction of sp³-hybridized carbons (Fsp3) is 0.231. The second kappa shape index (κ2) is 10.6. The first-order valence-corrected chi connectivity index (χ1v) is 12.5. The number of likely N-dealkylation sites (tertiary alicyclic amines) is 1. The van der Waals surface area contributed by atoms with Crippen molar-refractivity contribution in [2.24, 2.45) is 0 Å². The summed E-state index contributed by atoms with van der Waals surface area (Å²) in [6.45, 7) is 0.188. The van der Waals surface area contributed by atoms with Crippen LogP contribution in [0, 0.1) is 0 Å². The average Bonchev–Trinajstić information content (AvgIpc) is 3.22. The van der Waals surface area contributed by atoms with Crippen LogP contribution in [-0.4, -0.2) is 49.7 Å². The Bertz CT molecular complexity index is 1510. The number of pyridine rings is 2. The van der Waals surface area contributed by atoms with E-state index in [1.54, 1.807) is 58.3 Å². The van der Waals surface area contributed by atoms with Gasteiger partial charge in [0.1, 0.15) is 23.8 Å². The molecule has 1 amide bonds. The molecule has 1 aliphatic heterocycles. The number of fused-ring (bicyclic) bond motifs is 1. The number of halogens is 2. The second-order valence-electron chi connectivity index (χ2n) is 8.60. The number of hydrogen-bond donors (Lipinski definition) is 1. The highest BCUT2D eigenvalue weighted by atomic mass is 79.9. The summed E-state index contributed by atoms with van der Waals surface area (Å²) in [6.07, 6.45) is 7.07. The zero-order valence-corrected chi connectivity index (χ0v) is 21.3. The Balaban J connectivity index is 1.51. The summed E-state index contributed by atoms with van der Waals surface area (Å²) in [7, 11) is 0. The number of ether oxygens (including phenoxy) is 1. The highest BCUT2D eigenvalue weighted by Gasteiger charge is 2.28. The van der Waals surface area contributed by atoms with Crippen LogP contribution in [0.4, 0.5) is 10.2 Å². The van der Waals surface area contributed by atoms with Crippen molar-refractivity contribution in [1.82, 2.24) is 24.0 Å². The second-order valence-corrected chi connectivity index (χ2v) is 9.52. The zero-order chi connectivity index (χ0) is 25.9. The van der Waals surface area contributed by atoms with Gasteiger partial charge in [0.2, 0.25) is 11.8 Å². The van der Waals surface area contributed by atoms with E-state index in [-0.39, 0.29) is 23.5 Å². The molecular weight excluding hydrogens is 543 g/mol. The summed E-state index contributed by atoms with van der Waals surface area (Å²) in [6, 6.07) is 12.1. The first-order chi connectivity index (χ1) is 18.0. The van der Waals surface area contributed by atoms with Crippen molar-refractivity contribution in [3.05, 3.63) is 82.0 Å². The predicted octanol–water partition coefficient (Wildman–Crippen LogP) is 4.41. The molecule has 0 saturated carbocycles. The van der Waals surface area contributed by atoms with E-state index >= 15 is 0 Å². The molecule has 0 radical (unpaired) electrons. The normalized spacial score (nSPS) is 15.9. The van der Waals surface area contributed by atoms with E-state index in [1.807, 2.05) is 6.07 Å². The Labute approximate surface area is 220 Å². The van der Waals surface area contributed by atoms with Crippen LogP contribution in [-0.2, 0) is 4.79 Å². The first-order valence-electron chi connectivity index (χ1n) is 11.7. The van der Waals surface area contributed by atoms with E-state index in [0.717, 1.165) is 10.9 Å². The van der Waals surface area contributed by atoms with Gasteiger partial charge in [-0.05, 0) is 71.2 Å². The van der Waals surface area contributed by atoms with Crippen LogP contribution in [0.25, 0.3) is 16.7 Å². The summed E-state index contributed by atoms with van der Waals surface area (Å²) in [5.41, 5.74) is 7.70. The minimum atomic E-state index is -0.703. The minimum absolute atomic E-state index is 0.224. The fourth-order valence-electron chi connectivity index (χ4n) is 4.60. The molecule has 0 unspecified atom stereocenters. The number of anilines is 1. The number of benzene rings is 1. The molecule has 1 fully saturated rings. The highest BCUT2D eigenvalue weighted by molar-refractivity contribution is 9.10. The lowest BCUT2D eigenvalue weighted by molar-refractivity contribution is -0.127. The number of carbonyl (C=O) groups excluding carboxylic acids is 1. The van der Waals surface area contributed by atoms with Gasteiger partial charge in [0.05, 0.1) is 17.2 Å². The van der Waals surface area contributed by atoms with Crippen LogP contribution in [0.2, 0.25) is 0 Å². The number of imidazole rings is 1. The lowest BCUT2D eigenvalue weighted by Gasteiger charge is -2.32. The number of nitrogens with zero attached hydrogens (tertiary/aromatic N) is 5. The number of carbonyl (C=O) groups is 1. The van der Waals surface area contributed by atoms with Gasteiger partial charge >= 0.3 is 5.69 Å². The van der Waals surface area contributed by atoms with E-state index in [2.05, 4.69) is 25.9 Å². The lowest BCUT2D eigenvalue weighted by Crippen LogP contribution is -2.42. The molecule has 9 nitrogen and oxygen atoms in total. The topological polar surface area (TPSA) is 108 Å². The average molecular weight is 567 g/mol. The summed E-state index contributed by atoms with van der Waals surface area (Å²) in [5.74, 6) is 0.957. The minimum Gasteiger partial charge on any atom is -0.439 e. The first kappa shape index (κ1) is 24.7. The van der Waals surface area contributed by atoms with E-state index in [0.29, 0.717) is 47.9 Å². The van der Waals surface area contributed by atoms with Crippen molar-refractivity contribution in [3.8, 4) is 17.3 Å². The van der Waals surface area contributed by atoms with Crippen LogP contribution >= 0.6 is 15.9 Å². The standard InChI is InChI=1S/C26H24BrFN6O3/c27-17-5-10-22(31-15-17)37-20-8-6-18(7-9-20)34-24-21(11-13-30-25(24)29)33(26(34)36)19-3-2-14-32(16-19)23(35)4-1-12-28/h1,4-11,13,15,19H,2-3,12,14,16H2,(H2,29,30)/b4-1+/t19-/m1/s1. The number of amides is 1. The van der Waals surface area contributed by atoms with Gasteiger partial charge in [-0.15, -0.1) is 0 Å². The molecule has 1 saturated heterocycles. The molecule has 11 heteroatoms. The molecule has 37 heavy (non-hydrogen) atoms. The van der Waals surface area contributed by atoms with E-state index < -0.39 is 6.67 Å². The number of allylic oxidation sites excluding steroid dienone is 1. The summed E-state index contributed by atoms with van der Waals surface area (Å²) >= 11 is 3.35. The molecule has 4 aromatic rings. The van der Waals surface area contributed by atoms with Gasteiger partial charge in [-0.3, -0.25) is 13.9 Å². The SMILES string of the molecule is Nc1nccc2c1n(-c1ccc(Oc3ccc(Br)cn3)cc1)c(=O)n2[C@@H]1CCCN(C(=O)/C=C/CF)C1. The summed E-state index contributed by atoms with van der Waals surface area (Å²) < 4.78 is 22.4.